The van der Waals surface area contributed by atoms with Gasteiger partial charge >= 0.3 is 0 Å². The van der Waals surface area contributed by atoms with Crippen LogP contribution in [0.2, 0.25) is 5.02 Å². The number of anilines is 1. The van der Waals surface area contributed by atoms with E-state index in [1.165, 1.54) is 4.68 Å². The summed E-state index contributed by atoms with van der Waals surface area (Å²) in [7, 11) is 1.77. The molecule has 0 aliphatic heterocycles. The molecule has 0 aliphatic rings. The van der Waals surface area contributed by atoms with Gasteiger partial charge in [-0.15, -0.1) is 10.2 Å². The maximum atomic E-state index is 12.9. The standard InChI is InChI=1S/C21H18ClN5O3S/c1-13-18(20(29)27(26(13)2)14-8-4-3-5-9-14)23-17(28)12-31-21-25-24-19(30-21)15-10-6-7-11-16(15)22/h3-11H,12H2,1-2H3,(H,23,28). The number of nitrogens with one attached hydrogen (secondary N) is 1. The van der Waals surface area contributed by atoms with Crippen LogP contribution in [0.5, 0.6) is 0 Å². The Hall–Kier alpha value is -3.30. The van der Waals surface area contributed by atoms with Crippen molar-refractivity contribution in [3.63, 3.8) is 0 Å². The maximum absolute atomic E-state index is 12.9. The molecule has 0 aliphatic carbocycles. The first-order valence-corrected chi connectivity index (χ1v) is 10.7. The summed E-state index contributed by atoms with van der Waals surface area (Å²) in [5.41, 5.74) is 1.91. The number of thioether (sulfide) groups is 1. The highest BCUT2D eigenvalue weighted by molar-refractivity contribution is 7.99. The van der Waals surface area contributed by atoms with E-state index in [1.54, 1.807) is 36.9 Å². The van der Waals surface area contributed by atoms with E-state index in [-0.39, 0.29) is 34.0 Å². The topological polar surface area (TPSA) is 95.0 Å². The van der Waals surface area contributed by atoms with Gasteiger partial charge in [-0.25, -0.2) is 4.68 Å². The molecule has 2 aromatic carbocycles. The predicted molar refractivity (Wildman–Crippen MR) is 120 cm³/mol. The molecule has 4 rings (SSSR count). The maximum Gasteiger partial charge on any atom is 0.295 e. The number of amides is 1. The first kappa shape index (κ1) is 21.0. The van der Waals surface area contributed by atoms with Gasteiger partial charge in [0.2, 0.25) is 11.8 Å². The van der Waals surface area contributed by atoms with Crippen LogP contribution in [0.25, 0.3) is 17.1 Å². The third-order valence-corrected chi connectivity index (χ3v) is 5.80. The molecule has 2 aromatic heterocycles. The highest BCUT2D eigenvalue weighted by Gasteiger charge is 2.19. The number of rotatable bonds is 6. The Kier molecular flexibility index (Phi) is 5.97. The summed E-state index contributed by atoms with van der Waals surface area (Å²) in [5, 5.41) is 11.3. The summed E-state index contributed by atoms with van der Waals surface area (Å²) in [6.07, 6.45) is 0. The Morgan fingerprint density at radius 3 is 2.58 bits per heavy atom. The molecule has 1 amide bonds. The van der Waals surface area contributed by atoms with Gasteiger partial charge in [-0.3, -0.25) is 14.3 Å². The molecule has 158 valence electrons. The zero-order valence-electron chi connectivity index (χ0n) is 16.7. The Morgan fingerprint density at radius 1 is 1.13 bits per heavy atom. The van der Waals surface area contributed by atoms with Crippen molar-refractivity contribution >= 4 is 35.0 Å². The van der Waals surface area contributed by atoms with Gasteiger partial charge in [0, 0.05) is 7.05 Å². The van der Waals surface area contributed by atoms with Crippen LogP contribution in [0, 0.1) is 6.92 Å². The molecule has 10 heteroatoms. The van der Waals surface area contributed by atoms with Gasteiger partial charge in [-0.05, 0) is 31.2 Å². The van der Waals surface area contributed by atoms with Gasteiger partial charge in [0.25, 0.3) is 10.8 Å². The number of carbonyl (C=O) groups excluding carboxylic acids is 1. The van der Waals surface area contributed by atoms with E-state index in [4.69, 9.17) is 16.0 Å². The second-order valence-corrected chi connectivity index (χ2v) is 7.96. The fourth-order valence-corrected chi connectivity index (χ4v) is 3.81. The number of carbonyl (C=O) groups is 1. The van der Waals surface area contributed by atoms with Crippen molar-refractivity contribution in [1.29, 1.82) is 0 Å². The lowest BCUT2D eigenvalue weighted by Crippen LogP contribution is -2.23. The zero-order chi connectivity index (χ0) is 22.0. The average Bonchev–Trinajstić information content (AvgIpc) is 3.32. The van der Waals surface area contributed by atoms with E-state index in [9.17, 15) is 9.59 Å². The monoisotopic (exact) mass is 455 g/mol. The van der Waals surface area contributed by atoms with Crippen LogP contribution in [-0.2, 0) is 11.8 Å². The SMILES string of the molecule is Cc1c(NC(=O)CSc2nnc(-c3ccccc3Cl)o2)c(=O)n(-c2ccccc2)n1C. The van der Waals surface area contributed by atoms with Gasteiger partial charge in [0.15, 0.2) is 0 Å². The molecule has 0 bridgehead atoms. The third kappa shape index (κ3) is 4.28. The number of aromatic nitrogens is 4. The van der Waals surface area contributed by atoms with Gasteiger partial charge in [-0.1, -0.05) is 53.7 Å². The summed E-state index contributed by atoms with van der Waals surface area (Å²) in [6.45, 7) is 1.78. The van der Waals surface area contributed by atoms with E-state index in [0.29, 0.717) is 22.0 Å². The molecule has 0 unspecified atom stereocenters. The summed E-state index contributed by atoms with van der Waals surface area (Å²) < 4.78 is 8.79. The van der Waals surface area contributed by atoms with Crippen molar-refractivity contribution < 1.29 is 9.21 Å². The van der Waals surface area contributed by atoms with Gasteiger partial charge < -0.3 is 9.73 Å². The lowest BCUT2D eigenvalue weighted by Gasteiger charge is -2.07. The fourth-order valence-electron chi connectivity index (χ4n) is 3.03. The molecule has 0 saturated heterocycles. The number of hydrogen-bond acceptors (Lipinski definition) is 6. The fraction of sp³-hybridized carbons (Fsp3) is 0.143. The summed E-state index contributed by atoms with van der Waals surface area (Å²) in [4.78, 5) is 25.4. The smallest absolute Gasteiger partial charge is 0.295 e. The second-order valence-electron chi connectivity index (χ2n) is 6.63. The molecule has 0 atom stereocenters. The molecule has 1 N–H and O–H groups in total. The van der Waals surface area contributed by atoms with Crippen LogP contribution in [0.15, 0.2) is 69.0 Å². The molecular weight excluding hydrogens is 438 g/mol. The summed E-state index contributed by atoms with van der Waals surface area (Å²) >= 11 is 7.22. The van der Waals surface area contributed by atoms with Crippen LogP contribution >= 0.6 is 23.4 Å². The number of hydrogen-bond donors (Lipinski definition) is 1. The average molecular weight is 456 g/mol. The molecule has 0 saturated carbocycles. The van der Waals surface area contributed by atoms with Crippen LogP contribution in [0.3, 0.4) is 0 Å². The zero-order valence-corrected chi connectivity index (χ0v) is 18.3. The minimum atomic E-state index is -0.353. The third-order valence-electron chi connectivity index (χ3n) is 4.66. The first-order chi connectivity index (χ1) is 15.0. The number of para-hydroxylation sites is 1. The van der Waals surface area contributed by atoms with E-state index >= 15 is 0 Å². The lowest BCUT2D eigenvalue weighted by molar-refractivity contribution is -0.113. The van der Waals surface area contributed by atoms with Crippen molar-refractivity contribution in [3.05, 3.63) is 75.7 Å². The Morgan fingerprint density at radius 2 is 1.84 bits per heavy atom. The summed E-state index contributed by atoms with van der Waals surface area (Å²) in [6, 6.07) is 16.3. The van der Waals surface area contributed by atoms with Crippen molar-refractivity contribution in [2.75, 3.05) is 11.1 Å². The molecular formula is C21H18ClN5O3S. The van der Waals surface area contributed by atoms with Gasteiger partial charge in [0.05, 0.1) is 27.7 Å². The van der Waals surface area contributed by atoms with E-state index < -0.39 is 0 Å². The van der Waals surface area contributed by atoms with E-state index in [0.717, 1.165) is 11.8 Å². The normalized spacial score (nSPS) is 10.9. The van der Waals surface area contributed by atoms with Crippen LogP contribution in [0.1, 0.15) is 5.69 Å². The molecule has 0 fully saturated rings. The Labute approximate surface area is 186 Å². The molecule has 31 heavy (non-hydrogen) atoms. The van der Waals surface area contributed by atoms with Gasteiger partial charge in [0.1, 0.15) is 5.69 Å². The van der Waals surface area contributed by atoms with Crippen molar-refractivity contribution in [2.24, 2.45) is 7.05 Å². The Bertz CT molecular complexity index is 1300. The lowest BCUT2D eigenvalue weighted by atomic mass is 10.2. The Balaban J connectivity index is 1.46. The molecule has 0 spiro atoms. The predicted octanol–water partition coefficient (Wildman–Crippen LogP) is 3.92. The van der Waals surface area contributed by atoms with Crippen LogP contribution < -0.4 is 10.9 Å². The largest absolute Gasteiger partial charge is 0.411 e. The number of halogens is 1. The highest BCUT2D eigenvalue weighted by atomic mass is 35.5. The number of benzene rings is 2. The van der Waals surface area contributed by atoms with Crippen molar-refractivity contribution in [1.82, 2.24) is 19.6 Å². The van der Waals surface area contributed by atoms with E-state index in [2.05, 4.69) is 15.5 Å². The number of nitrogens with zero attached hydrogens (tertiary/aromatic N) is 4. The van der Waals surface area contributed by atoms with Crippen LogP contribution in [0.4, 0.5) is 5.69 Å². The van der Waals surface area contributed by atoms with Crippen molar-refractivity contribution in [2.45, 2.75) is 12.1 Å². The second kappa shape index (κ2) is 8.83. The summed E-state index contributed by atoms with van der Waals surface area (Å²) in [5.74, 6) is -0.0739. The van der Waals surface area contributed by atoms with E-state index in [1.807, 2.05) is 36.4 Å². The molecule has 0 radical (unpaired) electrons. The minimum Gasteiger partial charge on any atom is -0.411 e. The van der Waals surface area contributed by atoms with Gasteiger partial charge in [-0.2, -0.15) is 0 Å². The molecule has 8 nitrogen and oxygen atoms in total. The van der Waals surface area contributed by atoms with Crippen molar-refractivity contribution in [3.8, 4) is 17.1 Å². The first-order valence-electron chi connectivity index (χ1n) is 9.31. The van der Waals surface area contributed by atoms with Crippen LogP contribution in [-0.4, -0.2) is 31.2 Å². The molecule has 2 heterocycles. The minimum absolute atomic E-state index is 0.00324. The quantitative estimate of drug-likeness (QED) is 0.443. The highest BCUT2D eigenvalue weighted by Crippen LogP contribution is 2.28. The molecule has 4 aromatic rings.